The van der Waals surface area contributed by atoms with Gasteiger partial charge in [0.25, 0.3) is 0 Å². The largest absolute Gasteiger partial charge is 0.370 e. The lowest BCUT2D eigenvalue weighted by Gasteiger charge is -2.11. The lowest BCUT2D eigenvalue weighted by molar-refractivity contribution is 0.511. The fourth-order valence-electron chi connectivity index (χ4n) is 2.60. The predicted molar refractivity (Wildman–Crippen MR) is 87.3 cm³/mol. The summed E-state index contributed by atoms with van der Waals surface area (Å²) in [4.78, 5) is 13.2. The first-order chi connectivity index (χ1) is 10.8. The summed E-state index contributed by atoms with van der Waals surface area (Å²) in [6, 6.07) is 6.45. The molecule has 3 heterocycles. The Morgan fingerprint density at radius 2 is 2.32 bits per heavy atom. The summed E-state index contributed by atoms with van der Waals surface area (Å²) in [5, 5.41) is 3.40. The summed E-state index contributed by atoms with van der Waals surface area (Å²) in [6.07, 6.45) is 7.03. The van der Waals surface area contributed by atoms with E-state index in [1.165, 1.54) is 12.8 Å². The van der Waals surface area contributed by atoms with E-state index in [1.807, 2.05) is 25.1 Å². The Balaban J connectivity index is 1.58. The molecule has 0 saturated carbocycles. The first-order valence-corrected chi connectivity index (χ1v) is 7.79. The maximum atomic E-state index is 4.58. The molecule has 1 aliphatic rings. The molecule has 1 fully saturated rings. The average Bonchev–Trinajstić information content (AvgIpc) is 3.05. The molecule has 2 aromatic rings. The Bertz CT molecular complexity index is 595. The van der Waals surface area contributed by atoms with Crippen molar-refractivity contribution >= 4 is 5.82 Å². The zero-order valence-electron chi connectivity index (χ0n) is 12.8. The number of hydrogen-bond donors (Lipinski definition) is 3. The minimum absolute atomic E-state index is 0.597. The zero-order chi connectivity index (χ0) is 15.2. The van der Waals surface area contributed by atoms with Crippen LogP contribution in [-0.2, 0) is 0 Å². The summed E-state index contributed by atoms with van der Waals surface area (Å²) in [7, 11) is 0. The van der Waals surface area contributed by atoms with Gasteiger partial charge in [-0.05, 0) is 38.3 Å². The van der Waals surface area contributed by atoms with Crippen molar-refractivity contribution in [3.05, 3.63) is 36.3 Å². The normalized spacial score (nSPS) is 17.6. The van der Waals surface area contributed by atoms with Crippen LogP contribution in [0.4, 0.5) is 5.82 Å². The number of nitrogens with zero attached hydrogens (tertiary/aromatic N) is 3. The molecule has 3 N–H and O–H groups in total. The number of aryl methyl sites for hydroxylation is 1. The molecule has 1 atom stereocenters. The number of nitrogens with one attached hydrogen (secondary N) is 3. The molecule has 0 amide bonds. The van der Waals surface area contributed by atoms with Crippen molar-refractivity contribution in [2.75, 3.05) is 18.4 Å². The Morgan fingerprint density at radius 3 is 3.09 bits per heavy atom. The van der Waals surface area contributed by atoms with Gasteiger partial charge in [0.15, 0.2) is 5.82 Å². The van der Waals surface area contributed by atoms with Crippen LogP contribution in [0.2, 0.25) is 0 Å². The fourth-order valence-corrected chi connectivity index (χ4v) is 2.60. The Hall–Kier alpha value is -2.05. The van der Waals surface area contributed by atoms with Gasteiger partial charge in [0.2, 0.25) is 0 Å². The van der Waals surface area contributed by atoms with Gasteiger partial charge < -0.3 is 5.32 Å². The first kappa shape index (κ1) is 14.9. The second-order valence-electron chi connectivity index (χ2n) is 5.59. The number of aromatic nitrogens is 3. The summed E-state index contributed by atoms with van der Waals surface area (Å²) in [6.45, 7) is 3.97. The maximum absolute atomic E-state index is 4.58. The van der Waals surface area contributed by atoms with Crippen LogP contribution in [0.25, 0.3) is 11.4 Å². The minimum atomic E-state index is 0.597. The van der Waals surface area contributed by atoms with Crippen LogP contribution in [0.3, 0.4) is 0 Å². The lowest BCUT2D eigenvalue weighted by atomic mass is 10.1. The molecule has 3 rings (SSSR count). The van der Waals surface area contributed by atoms with Gasteiger partial charge in [-0.3, -0.25) is 15.8 Å². The molecular formula is C16H22N6. The van der Waals surface area contributed by atoms with Crippen LogP contribution in [0.1, 0.15) is 25.0 Å². The minimum Gasteiger partial charge on any atom is -0.370 e. The Labute approximate surface area is 130 Å². The molecule has 0 spiro atoms. The highest BCUT2D eigenvalue weighted by Crippen LogP contribution is 2.16. The van der Waals surface area contributed by atoms with Gasteiger partial charge in [0, 0.05) is 48.8 Å². The quantitative estimate of drug-likeness (QED) is 0.707. The average molecular weight is 298 g/mol. The van der Waals surface area contributed by atoms with Crippen LogP contribution in [0.5, 0.6) is 0 Å². The third-order valence-electron chi connectivity index (χ3n) is 3.73. The van der Waals surface area contributed by atoms with E-state index in [0.29, 0.717) is 6.04 Å². The van der Waals surface area contributed by atoms with E-state index >= 15 is 0 Å². The molecule has 1 aliphatic heterocycles. The van der Waals surface area contributed by atoms with Crippen molar-refractivity contribution in [2.45, 2.75) is 32.2 Å². The highest BCUT2D eigenvalue weighted by atomic mass is 15.4. The summed E-state index contributed by atoms with van der Waals surface area (Å²) >= 11 is 0. The zero-order valence-corrected chi connectivity index (χ0v) is 12.8. The van der Waals surface area contributed by atoms with Gasteiger partial charge in [0.05, 0.1) is 0 Å². The van der Waals surface area contributed by atoms with Crippen LogP contribution in [0.15, 0.2) is 30.6 Å². The van der Waals surface area contributed by atoms with E-state index in [-0.39, 0.29) is 0 Å². The molecule has 0 aromatic carbocycles. The van der Waals surface area contributed by atoms with Crippen LogP contribution in [0, 0.1) is 6.92 Å². The molecule has 6 heteroatoms. The number of hydrazine groups is 1. The maximum Gasteiger partial charge on any atom is 0.163 e. The van der Waals surface area contributed by atoms with Crippen LogP contribution in [-0.4, -0.2) is 34.1 Å². The number of rotatable bonds is 6. The SMILES string of the molecule is Cc1cc(NCCCC2CCNN2)nc(-c2cccnc2)n1. The Morgan fingerprint density at radius 1 is 1.36 bits per heavy atom. The van der Waals surface area contributed by atoms with E-state index in [2.05, 4.69) is 31.1 Å². The molecular weight excluding hydrogens is 276 g/mol. The van der Waals surface area contributed by atoms with Gasteiger partial charge in [0.1, 0.15) is 5.82 Å². The second-order valence-corrected chi connectivity index (χ2v) is 5.59. The van der Waals surface area contributed by atoms with E-state index in [4.69, 9.17) is 0 Å². The van der Waals surface area contributed by atoms with Crippen molar-refractivity contribution in [3.63, 3.8) is 0 Å². The topological polar surface area (TPSA) is 74.8 Å². The van der Waals surface area contributed by atoms with Crippen molar-refractivity contribution in [2.24, 2.45) is 0 Å². The smallest absolute Gasteiger partial charge is 0.163 e. The highest BCUT2D eigenvalue weighted by Gasteiger charge is 2.12. The Kier molecular flexibility index (Phi) is 4.92. The molecule has 0 bridgehead atoms. The summed E-state index contributed by atoms with van der Waals surface area (Å²) < 4.78 is 0. The van der Waals surface area contributed by atoms with Gasteiger partial charge in [-0.25, -0.2) is 9.97 Å². The van der Waals surface area contributed by atoms with Gasteiger partial charge >= 0.3 is 0 Å². The third-order valence-corrected chi connectivity index (χ3v) is 3.73. The molecule has 116 valence electrons. The fraction of sp³-hybridized carbons (Fsp3) is 0.438. The van der Waals surface area contributed by atoms with Crippen LogP contribution >= 0.6 is 0 Å². The third kappa shape index (κ3) is 3.99. The molecule has 6 nitrogen and oxygen atoms in total. The molecule has 1 unspecified atom stereocenters. The lowest BCUT2D eigenvalue weighted by Crippen LogP contribution is -2.30. The number of pyridine rings is 1. The van der Waals surface area contributed by atoms with Crippen molar-refractivity contribution in [1.82, 2.24) is 25.8 Å². The van der Waals surface area contributed by atoms with Gasteiger partial charge in [-0.2, -0.15) is 0 Å². The highest BCUT2D eigenvalue weighted by molar-refractivity contribution is 5.56. The van der Waals surface area contributed by atoms with E-state index in [9.17, 15) is 0 Å². The molecule has 22 heavy (non-hydrogen) atoms. The monoisotopic (exact) mass is 298 g/mol. The standard InChI is InChI=1S/C16H22N6/c1-12-10-15(18-8-3-5-14-6-9-19-22-14)21-16(20-12)13-4-2-7-17-11-13/h2,4,7,10-11,14,19,22H,3,5-6,8-9H2,1H3,(H,18,20,21). The van der Waals surface area contributed by atoms with E-state index < -0.39 is 0 Å². The molecule has 1 saturated heterocycles. The number of anilines is 1. The summed E-state index contributed by atoms with van der Waals surface area (Å²) in [5.74, 6) is 1.60. The second kappa shape index (κ2) is 7.29. The summed E-state index contributed by atoms with van der Waals surface area (Å²) in [5.41, 5.74) is 8.35. The predicted octanol–water partition coefficient (Wildman–Crippen LogP) is 1.91. The van der Waals surface area contributed by atoms with Crippen molar-refractivity contribution < 1.29 is 0 Å². The first-order valence-electron chi connectivity index (χ1n) is 7.79. The van der Waals surface area contributed by atoms with Gasteiger partial charge in [-0.15, -0.1) is 0 Å². The number of hydrogen-bond acceptors (Lipinski definition) is 6. The molecule has 0 radical (unpaired) electrons. The van der Waals surface area contributed by atoms with Gasteiger partial charge in [-0.1, -0.05) is 0 Å². The molecule has 0 aliphatic carbocycles. The molecule has 2 aromatic heterocycles. The van der Waals surface area contributed by atoms with Crippen molar-refractivity contribution in [1.29, 1.82) is 0 Å². The van der Waals surface area contributed by atoms with E-state index in [0.717, 1.165) is 42.4 Å². The van der Waals surface area contributed by atoms with Crippen molar-refractivity contribution in [3.8, 4) is 11.4 Å². The van der Waals surface area contributed by atoms with E-state index in [1.54, 1.807) is 12.4 Å². The van der Waals surface area contributed by atoms with Crippen LogP contribution < -0.4 is 16.2 Å².